The molecule has 0 atom stereocenters. The van der Waals surface area contributed by atoms with Gasteiger partial charge in [0.1, 0.15) is 9.88 Å². The first kappa shape index (κ1) is 16.6. The molecule has 120 valence electrons. The number of nitrogens with zero attached hydrogens (tertiary/aromatic N) is 3. The van der Waals surface area contributed by atoms with E-state index in [2.05, 4.69) is 15.4 Å². The van der Waals surface area contributed by atoms with Crippen LogP contribution in [0.1, 0.15) is 42.1 Å². The van der Waals surface area contributed by atoms with Crippen LogP contribution < -0.4 is 5.32 Å². The van der Waals surface area contributed by atoms with E-state index in [-0.39, 0.29) is 12.5 Å². The molecule has 2 aromatic heterocycles. The lowest BCUT2D eigenvalue weighted by Crippen LogP contribution is -2.42. The quantitative estimate of drug-likeness (QED) is 0.854. The molecule has 2 aromatic rings. The van der Waals surface area contributed by atoms with Crippen LogP contribution >= 0.6 is 11.3 Å². The number of hydrogen-bond donors (Lipinski definition) is 2. The molecule has 7 heteroatoms. The second-order valence-electron chi connectivity index (χ2n) is 5.45. The van der Waals surface area contributed by atoms with E-state index in [9.17, 15) is 9.90 Å². The van der Waals surface area contributed by atoms with E-state index >= 15 is 0 Å². The molecule has 0 fully saturated rings. The van der Waals surface area contributed by atoms with Crippen molar-refractivity contribution in [2.45, 2.75) is 39.2 Å². The molecule has 0 radical (unpaired) electrons. The topological polar surface area (TPSA) is 80.0 Å². The summed E-state index contributed by atoms with van der Waals surface area (Å²) in [5.74, 6) is -0.189. The first-order valence-corrected chi connectivity index (χ1v) is 8.17. The number of aryl methyl sites for hydroxylation is 2. The summed E-state index contributed by atoms with van der Waals surface area (Å²) in [6.07, 6.45) is 4.80. The highest BCUT2D eigenvalue weighted by atomic mass is 32.1. The van der Waals surface area contributed by atoms with E-state index in [1.807, 2.05) is 34.0 Å². The minimum absolute atomic E-state index is 0.189. The van der Waals surface area contributed by atoms with Crippen LogP contribution in [0, 0.1) is 6.92 Å². The Morgan fingerprint density at radius 3 is 2.68 bits per heavy atom. The molecule has 0 aliphatic carbocycles. The van der Waals surface area contributed by atoms with E-state index < -0.39 is 5.60 Å². The first-order chi connectivity index (χ1) is 10.4. The fraction of sp³-hybridized carbons (Fsp3) is 0.533. The van der Waals surface area contributed by atoms with Crippen LogP contribution in [0.15, 0.2) is 12.4 Å². The molecular formula is C15H22N4O2S. The van der Waals surface area contributed by atoms with Crippen molar-refractivity contribution in [2.75, 3.05) is 6.54 Å². The summed E-state index contributed by atoms with van der Waals surface area (Å²) in [7, 11) is 1.84. The third kappa shape index (κ3) is 3.53. The highest BCUT2D eigenvalue weighted by Gasteiger charge is 2.24. The van der Waals surface area contributed by atoms with Crippen molar-refractivity contribution in [2.24, 2.45) is 7.05 Å². The minimum Gasteiger partial charge on any atom is -0.388 e. The van der Waals surface area contributed by atoms with Crippen LogP contribution in [0.5, 0.6) is 0 Å². The van der Waals surface area contributed by atoms with Crippen LogP contribution in [0.4, 0.5) is 0 Å². The SMILES string of the molecule is CCC(O)(CC)CNC(=O)c1sc(-c2cnn(C)c2)nc1C. The number of aliphatic hydroxyl groups is 1. The fourth-order valence-corrected chi connectivity index (χ4v) is 3.04. The van der Waals surface area contributed by atoms with Gasteiger partial charge in [0, 0.05) is 25.4 Å². The Bertz CT molecular complexity index is 658. The van der Waals surface area contributed by atoms with Gasteiger partial charge in [-0.05, 0) is 19.8 Å². The number of hydrogen-bond acceptors (Lipinski definition) is 5. The lowest BCUT2D eigenvalue weighted by molar-refractivity contribution is 0.0314. The first-order valence-electron chi connectivity index (χ1n) is 7.35. The number of nitrogens with one attached hydrogen (secondary N) is 1. The van der Waals surface area contributed by atoms with Gasteiger partial charge in [0.05, 0.1) is 17.5 Å². The van der Waals surface area contributed by atoms with E-state index in [0.29, 0.717) is 23.4 Å². The van der Waals surface area contributed by atoms with E-state index in [4.69, 9.17) is 0 Å². The van der Waals surface area contributed by atoms with Crippen LogP contribution in [0.2, 0.25) is 0 Å². The summed E-state index contributed by atoms with van der Waals surface area (Å²) >= 11 is 1.34. The molecule has 1 amide bonds. The summed E-state index contributed by atoms with van der Waals surface area (Å²) in [4.78, 5) is 17.3. The molecule has 2 N–H and O–H groups in total. The van der Waals surface area contributed by atoms with Gasteiger partial charge < -0.3 is 10.4 Å². The van der Waals surface area contributed by atoms with Crippen molar-refractivity contribution in [1.82, 2.24) is 20.1 Å². The zero-order valence-electron chi connectivity index (χ0n) is 13.4. The zero-order valence-corrected chi connectivity index (χ0v) is 14.2. The summed E-state index contributed by atoms with van der Waals surface area (Å²) in [5.41, 5.74) is 0.742. The molecule has 6 nitrogen and oxygen atoms in total. The summed E-state index contributed by atoms with van der Waals surface area (Å²) in [6, 6.07) is 0. The molecule has 2 rings (SSSR count). The fourth-order valence-electron chi connectivity index (χ4n) is 2.09. The molecule has 22 heavy (non-hydrogen) atoms. The van der Waals surface area contributed by atoms with Gasteiger partial charge in [0.2, 0.25) is 0 Å². The van der Waals surface area contributed by atoms with E-state index in [1.165, 1.54) is 11.3 Å². The number of carbonyl (C=O) groups excluding carboxylic acids is 1. The maximum absolute atomic E-state index is 12.3. The molecule has 0 bridgehead atoms. The summed E-state index contributed by atoms with van der Waals surface area (Å²) < 4.78 is 1.70. The highest BCUT2D eigenvalue weighted by Crippen LogP contribution is 2.27. The molecule has 0 aromatic carbocycles. The molecule has 0 saturated carbocycles. The Balaban J connectivity index is 2.12. The third-order valence-electron chi connectivity index (χ3n) is 3.85. The largest absolute Gasteiger partial charge is 0.388 e. The predicted molar refractivity (Wildman–Crippen MR) is 86.9 cm³/mol. The van der Waals surface area contributed by atoms with Crippen molar-refractivity contribution >= 4 is 17.2 Å². The maximum atomic E-state index is 12.3. The lowest BCUT2D eigenvalue weighted by Gasteiger charge is -2.25. The molecule has 0 spiro atoms. The normalized spacial score (nSPS) is 11.7. The highest BCUT2D eigenvalue weighted by molar-refractivity contribution is 7.17. The molecule has 0 saturated heterocycles. The molecule has 2 heterocycles. The molecule has 0 unspecified atom stereocenters. The molecule has 0 aliphatic rings. The Morgan fingerprint density at radius 1 is 1.45 bits per heavy atom. The van der Waals surface area contributed by atoms with Crippen LogP contribution in [-0.2, 0) is 7.05 Å². The molecule has 0 aliphatic heterocycles. The molecular weight excluding hydrogens is 300 g/mol. The van der Waals surface area contributed by atoms with Gasteiger partial charge in [0.25, 0.3) is 5.91 Å². The second-order valence-corrected chi connectivity index (χ2v) is 6.45. The second kappa shape index (κ2) is 6.58. The van der Waals surface area contributed by atoms with Gasteiger partial charge in [-0.3, -0.25) is 9.48 Å². The standard InChI is InChI=1S/C15H22N4O2S/c1-5-15(21,6-2)9-16-13(20)12-10(3)18-14(22-12)11-7-17-19(4)8-11/h7-8,21H,5-6,9H2,1-4H3,(H,16,20). The minimum atomic E-state index is -0.847. The van der Waals surface area contributed by atoms with Gasteiger partial charge in [-0.2, -0.15) is 5.10 Å². The third-order valence-corrected chi connectivity index (χ3v) is 5.05. The van der Waals surface area contributed by atoms with Gasteiger partial charge in [-0.25, -0.2) is 4.98 Å². The Morgan fingerprint density at radius 2 is 2.14 bits per heavy atom. The monoisotopic (exact) mass is 322 g/mol. The average Bonchev–Trinajstić information content (AvgIpc) is 3.10. The number of thiazole rings is 1. The van der Waals surface area contributed by atoms with E-state index in [0.717, 1.165) is 10.6 Å². The average molecular weight is 322 g/mol. The van der Waals surface area contributed by atoms with Gasteiger partial charge >= 0.3 is 0 Å². The maximum Gasteiger partial charge on any atom is 0.263 e. The summed E-state index contributed by atoms with van der Waals surface area (Å²) in [6.45, 7) is 5.89. The smallest absolute Gasteiger partial charge is 0.263 e. The van der Waals surface area contributed by atoms with Gasteiger partial charge in [-0.15, -0.1) is 11.3 Å². The van der Waals surface area contributed by atoms with E-state index in [1.54, 1.807) is 10.9 Å². The number of amides is 1. The van der Waals surface area contributed by atoms with Crippen molar-refractivity contribution in [1.29, 1.82) is 0 Å². The lowest BCUT2D eigenvalue weighted by atomic mass is 9.97. The Kier molecular flexibility index (Phi) is 4.97. The zero-order chi connectivity index (χ0) is 16.3. The van der Waals surface area contributed by atoms with Gasteiger partial charge in [0.15, 0.2) is 0 Å². The number of carbonyl (C=O) groups is 1. The van der Waals surface area contributed by atoms with Crippen LogP contribution in [0.3, 0.4) is 0 Å². The number of aromatic nitrogens is 3. The van der Waals surface area contributed by atoms with Crippen molar-refractivity contribution in [3.63, 3.8) is 0 Å². The van der Waals surface area contributed by atoms with Crippen molar-refractivity contribution in [3.05, 3.63) is 23.0 Å². The Labute approximate surface area is 134 Å². The van der Waals surface area contributed by atoms with Crippen LogP contribution in [0.25, 0.3) is 10.6 Å². The van der Waals surface area contributed by atoms with Gasteiger partial charge in [-0.1, -0.05) is 13.8 Å². The van der Waals surface area contributed by atoms with Crippen LogP contribution in [-0.4, -0.2) is 37.9 Å². The van der Waals surface area contributed by atoms with Crippen molar-refractivity contribution < 1.29 is 9.90 Å². The Hall–Kier alpha value is -1.73. The predicted octanol–water partition coefficient (Wildman–Crippen LogP) is 2.13. The van der Waals surface area contributed by atoms with Crippen molar-refractivity contribution in [3.8, 4) is 10.6 Å². The summed E-state index contributed by atoms with van der Waals surface area (Å²) in [5, 5.41) is 17.9. The number of rotatable bonds is 6.